The van der Waals surface area contributed by atoms with E-state index in [4.69, 9.17) is 14.2 Å². The number of rotatable bonds is 8. The van der Waals surface area contributed by atoms with Gasteiger partial charge in [0.25, 0.3) is 15.9 Å². The number of ether oxygens (including phenoxy) is 3. The number of fused-ring (bicyclic) bond motifs is 1. The summed E-state index contributed by atoms with van der Waals surface area (Å²) in [6.45, 7) is 2.02. The van der Waals surface area contributed by atoms with E-state index in [1.165, 1.54) is 19.4 Å². The fourth-order valence-electron chi connectivity index (χ4n) is 3.48. The van der Waals surface area contributed by atoms with Crippen molar-refractivity contribution in [3.63, 3.8) is 0 Å². The van der Waals surface area contributed by atoms with E-state index in [1.807, 2.05) is 24.3 Å². The van der Waals surface area contributed by atoms with Crippen LogP contribution in [0.1, 0.15) is 5.56 Å². The first-order valence-corrected chi connectivity index (χ1v) is 12.1. The van der Waals surface area contributed by atoms with Crippen LogP contribution in [0.3, 0.4) is 0 Å². The van der Waals surface area contributed by atoms with Gasteiger partial charge in [-0.2, -0.15) is 13.5 Å². The van der Waals surface area contributed by atoms with Gasteiger partial charge >= 0.3 is 0 Å². The van der Waals surface area contributed by atoms with E-state index in [-0.39, 0.29) is 17.4 Å². The summed E-state index contributed by atoms with van der Waals surface area (Å²) in [7, 11) is -2.35. The van der Waals surface area contributed by atoms with Gasteiger partial charge in [0.05, 0.1) is 31.4 Å². The molecule has 4 rings (SSSR count). The maximum Gasteiger partial charge on any atom is 0.276 e. The highest BCUT2D eigenvalue weighted by Gasteiger charge is 2.18. The Labute approximate surface area is 198 Å². The van der Waals surface area contributed by atoms with E-state index in [2.05, 4.69) is 9.93 Å². The lowest BCUT2D eigenvalue weighted by molar-refractivity contribution is -0.137. The zero-order chi connectivity index (χ0) is 24.0. The average Bonchev–Trinajstić information content (AvgIpc) is 2.87. The van der Waals surface area contributed by atoms with Gasteiger partial charge in [-0.25, -0.2) is 4.83 Å². The van der Waals surface area contributed by atoms with Crippen LogP contribution >= 0.6 is 0 Å². The molecule has 0 bridgehead atoms. The van der Waals surface area contributed by atoms with Crippen molar-refractivity contribution in [1.82, 2.24) is 9.73 Å². The molecule has 3 aromatic rings. The molecule has 1 aliphatic heterocycles. The van der Waals surface area contributed by atoms with Crippen LogP contribution in [0, 0.1) is 0 Å². The van der Waals surface area contributed by atoms with Crippen LogP contribution in [-0.2, 0) is 19.6 Å². The Morgan fingerprint density at radius 1 is 1.06 bits per heavy atom. The molecule has 178 valence electrons. The third-order valence-corrected chi connectivity index (χ3v) is 6.54. The summed E-state index contributed by atoms with van der Waals surface area (Å²) >= 11 is 0. The molecule has 0 aromatic heterocycles. The number of nitrogens with one attached hydrogen (secondary N) is 1. The van der Waals surface area contributed by atoms with Crippen molar-refractivity contribution in [2.24, 2.45) is 5.10 Å². The molecule has 9 nitrogen and oxygen atoms in total. The van der Waals surface area contributed by atoms with Gasteiger partial charge in [-0.15, -0.1) is 0 Å². The van der Waals surface area contributed by atoms with Crippen LogP contribution in [0.5, 0.6) is 11.5 Å². The zero-order valence-electron chi connectivity index (χ0n) is 18.6. The summed E-state index contributed by atoms with van der Waals surface area (Å²) in [5.74, 6) is 0.674. The van der Waals surface area contributed by atoms with Crippen LogP contribution in [0.4, 0.5) is 0 Å². The normalized spacial score (nSPS) is 14.3. The molecule has 1 saturated heterocycles. The van der Waals surface area contributed by atoms with Crippen molar-refractivity contribution < 1.29 is 27.4 Å². The zero-order valence-corrected chi connectivity index (χ0v) is 19.5. The van der Waals surface area contributed by atoms with Gasteiger partial charge in [-0.3, -0.25) is 4.79 Å². The van der Waals surface area contributed by atoms with Gasteiger partial charge in [-0.05, 0) is 46.7 Å². The minimum Gasteiger partial charge on any atom is -0.493 e. The first kappa shape index (κ1) is 23.5. The Kier molecular flexibility index (Phi) is 7.29. The molecule has 0 spiro atoms. The van der Waals surface area contributed by atoms with Gasteiger partial charge in [0.1, 0.15) is 0 Å². The van der Waals surface area contributed by atoms with E-state index in [1.54, 1.807) is 35.2 Å². The highest BCUT2D eigenvalue weighted by atomic mass is 32.2. The molecule has 1 heterocycles. The molecule has 3 aromatic carbocycles. The molecular formula is C24H25N3O6S. The molecule has 0 atom stereocenters. The molecule has 0 unspecified atom stereocenters. The van der Waals surface area contributed by atoms with Gasteiger partial charge in [0, 0.05) is 13.1 Å². The quantitative estimate of drug-likeness (QED) is 0.390. The Bertz CT molecular complexity index is 1300. The minimum absolute atomic E-state index is 0.116. The van der Waals surface area contributed by atoms with Crippen molar-refractivity contribution in [1.29, 1.82) is 0 Å². The standard InChI is InChI=1S/C24H25N3O6S/c1-31-23-14-18(6-9-22(23)33-17-24(28)27-10-12-32-13-11-27)16-25-26-34(29,30)21-8-7-19-4-2-3-5-20(19)15-21/h2-9,14-16,26H,10-13,17H2,1H3. The molecule has 1 fully saturated rings. The largest absolute Gasteiger partial charge is 0.493 e. The highest BCUT2D eigenvalue weighted by Crippen LogP contribution is 2.27. The topological polar surface area (TPSA) is 107 Å². The second-order valence-electron chi connectivity index (χ2n) is 7.55. The van der Waals surface area contributed by atoms with E-state index in [0.717, 1.165) is 10.8 Å². The number of nitrogens with zero attached hydrogens (tertiary/aromatic N) is 2. The lowest BCUT2D eigenvalue weighted by Gasteiger charge is -2.26. The Morgan fingerprint density at radius 3 is 2.59 bits per heavy atom. The molecule has 0 aliphatic carbocycles. The summed E-state index contributed by atoms with van der Waals surface area (Å²) in [5.41, 5.74) is 0.588. The van der Waals surface area contributed by atoms with Gasteiger partial charge in [0.2, 0.25) is 0 Å². The van der Waals surface area contributed by atoms with E-state index in [0.29, 0.717) is 43.4 Å². The fourth-order valence-corrected chi connectivity index (χ4v) is 4.31. The van der Waals surface area contributed by atoms with Crippen LogP contribution in [0.25, 0.3) is 10.8 Å². The van der Waals surface area contributed by atoms with E-state index in [9.17, 15) is 13.2 Å². The first-order chi connectivity index (χ1) is 16.5. The maximum atomic E-state index is 12.6. The first-order valence-electron chi connectivity index (χ1n) is 10.7. The third kappa shape index (κ3) is 5.64. The van der Waals surface area contributed by atoms with E-state index < -0.39 is 10.0 Å². The lowest BCUT2D eigenvalue weighted by atomic mass is 10.1. The predicted molar refractivity (Wildman–Crippen MR) is 128 cm³/mol. The number of hydrogen-bond acceptors (Lipinski definition) is 7. The summed E-state index contributed by atoms with van der Waals surface area (Å²) in [6.07, 6.45) is 1.36. The number of benzene rings is 3. The Balaban J connectivity index is 1.39. The monoisotopic (exact) mass is 483 g/mol. The number of sulfonamides is 1. The number of hydrogen-bond donors (Lipinski definition) is 1. The van der Waals surface area contributed by atoms with E-state index >= 15 is 0 Å². The van der Waals surface area contributed by atoms with Crippen molar-refractivity contribution in [2.75, 3.05) is 40.0 Å². The summed E-state index contributed by atoms with van der Waals surface area (Å²) in [6, 6.07) is 17.4. The second kappa shape index (κ2) is 10.5. The number of morpholine rings is 1. The molecular weight excluding hydrogens is 458 g/mol. The third-order valence-electron chi connectivity index (χ3n) is 5.32. The summed E-state index contributed by atoms with van der Waals surface area (Å²) < 4.78 is 41.5. The Hall–Kier alpha value is -3.63. The second-order valence-corrected chi connectivity index (χ2v) is 9.21. The highest BCUT2D eigenvalue weighted by molar-refractivity contribution is 7.89. The lowest BCUT2D eigenvalue weighted by Crippen LogP contribution is -2.43. The molecule has 0 radical (unpaired) electrons. The average molecular weight is 484 g/mol. The molecule has 0 saturated carbocycles. The molecule has 34 heavy (non-hydrogen) atoms. The van der Waals surface area contributed by atoms with Crippen molar-refractivity contribution in [3.05, 3.63) is 66.2 Å². The minimum atomic E-state index is -3.83. The van der Waals surface area contributed by atoms with Crippen LogP contribution in [-0.4, -0.2) is 65.5 Å². The van der Waals surface area contributed by atoms with Crippen molar-refractivity contribution in [2.45, 2.75) is 4.90 Å². The van der Waals surface area contributed by atoms with Gasteiger partial charge in [-0.1, -0.05) is 30.3 Å². The number of hydrazone groups is 1. The molecule has 1 N–H and O–H groups in total. The smallest absolute Gasteiger partial charge is 0.276 e. The molecule has 1 aliphatic rings. The summed E-state index contributed by atoms with van der Waals surface area (Å²) in [5, 5.41) is 5.65. The van der Waals surface area contributed by atoms with Gasteiger partial charge < -0.3 is 19.1 Å². The van der Waals surface area contributed by atoms with Crippen molar-refractivity contribution in [3.8, 4) is 11.5 Å². The van der Waals surface area contributed by atoms with Crippen molar-refractivity contribution >= 4 is 32.9 Å². The molecule has 10 heteroatoms. The number of carbonyl (C=O) groups excluding carboxylic acids is 1. The number of amides is 1. The van der Waals surface area contributed by atoms with Gasteiger partial charge in [0.15, 0.2) is 18.1 Å². The number of carbonyl (C=O) groups is 1. The predicted octanol–water partition coefficient (Wildman–Crippen LogP) is 2.40. The maximum absolute atomic E-state index is 12.6. The fraction of sp³-hybridized carbons (Fsp3) is 0.250. The SMILES string of the molecule is COc1cc(C=NNS(=O)(=O)c2ccc3ccccc3c2)ccc1OCC(=O)N1CCOCC1. The Morgan fingerprint density at radius 2 is 1.82 bits per heavy atom. The number of methoxy groups -OCH3 is 1. The van der Waals surface area contributed by atoms with Crippen LogP contribution in [0.2, 0.25) is 0 Å². The molecule has 1 amide bonds. The summed E-state index contributed by atoms with van der Waals surface area (Å²) in [4.78, 5) is 16.3. The van der Waals surface area contributed by atoms with Crippen LogP contribution in [0.15, 0.2) is 70.7 Å². The van der Waals surface area contributed by atoms with Crippen LogP contribution < -0.4 is 14.3 Å².